The van der Waals surface area contributed by atoms with Gasteiger partial charge in [-0.3, -0.25) is 9.59 Å². The minimum atomic E-state index is -0.202. The lowest BCUT2D eigenvalue weighted by Gasteiger charge is -2.36. The van der Waals surface area contributed by atoms with Crippen molar-refractivity contribution >= 4 is 50.7 Å². The van der Waals surface area contributed by atoms with Crippen LogP contribution >= 0.6 is 0 Å². The highest BCUT2D eigenvalue weighted by Gasteiger charge is 2.26. The minimum absolute atomic E-state index is 0.0799. The zero-order valence-electron chi connectivity index (χ0n) is 37.4. The van der Waals surface area contributed by atoms with Gasteiger partial charge in [0.2, 0.25) is 0 Å². The highest BCUT2D eigenvalue weighted by atomic mass is 16.2. The molecule has 2 saturated heterocycles. The van der Waals surface area contributed by atoms with Crippen molar-refractivity contribution in [3.63, 3.8) is 0 Å². The van der Waals surface area contributed by atoms with Crippen molar-refractivity contribution < 1.29 is 9.59 Å². The lowest BCUT2D eigenvalue weighted by Crippen LogP contribution is -2.39. The molecule has 0 bridgehead atoms. The molecule has 2 amide bonds. The van der Waals surface area contributed by atoms with Gasteiger partial charge in [0.05, 0.1) is 11.6 Å². The van der Waals surface area contributed by atoms with Crippen molar-refractivity contribution in [2.24, 2.45) is 5.92 Å². The standard InChI is InChI=1S/C26H34N4O.C26H30N4O/c1-18(2)17-30-13-11-19(12-14-30)24-16-27-25-10-7-21(15-23(24)25)28-26(31)20-5-8-22(9-6-20)29(3)4;1-3-5-18(2)30-12-10-20(11-13-30)24-17-28-25-9-8-22(15-23(24)25)29-26(31)21-7-4-6-19(14-21)16-27/h5-10,15-16,18-19,27H,11-14,17H2,1-4H3,(H,28,31);4,6-9,14-15,17-18,20,28H,3,5,10-13H2,1-2H3,(H,29,31). The fourth-order valence-electron chi connectivity index (χ4n) is 9.36. The number of aromatic amines is 2. The summed E-state index contributed by atoms with van der Waals surface area (Å²) < 4.78 is 0. The van der Waals surface area contributed by atoms with E-state index in [4.69, 9.17) is 5.26 Å². The Hall–Kier alpha value is -5.89. The van der Waals surface area contributed by atoms with E-state index in [0.717, 1.165) is 60.2 Å². The number of aromatic nitrogens is 2. The van der Waals surface area contributed by atoms with Crippen molar-refractivity contribution in [2.75, 3.05) is 62.4 Å². The number of nitrogens with one attached hydrogen (secondary N) is 4. The van der Waals surface area contributed by atoms with Gasteiger partial charge in [0.15, 0.2) is 0 Å². The number of piperidine rings is 2. The molecule has 0 saturated carbocycles. The van der Waals surface area contributed by atoms with Gasteiger partial charge in [0, 0.05) is 89.1 Å². The Morgan fingerprint density at radius 2 is 1.29 bits per heavy atom. The Bertz CT molecular complexity index is 2480. The molecule has 0 aliphatic carbocycles. The Kier molecular flexibility index (Phi) is 14.5. The fraction of sp³-hybridized carbons (Fsp3) is 0.404. The summed E-state index contributed by atoms with van der Waals surface area (Å²) in [6.45, 7) is 15.0. The van der Waals surface area contributed by atoms with Crippen LogP contribution in [0.3, 0.4) is 0 Å². The minimum Gasteiger partial charge on any atom is -0.378 e. The molecular formula is C52H64N8O2. The van der Waals surface area contributed by atoms with Crippen LogP contribution in [0.2, 0.25) is 0 Å². The number of nitrogens with zero attached hydrogens (tertiary/aromatic N) is 4. The molecule has 10 nitrogen and oxygen atoms in total. The van der Waals surface area contributed by atoms with Crippen LogP contribution in [0.5, 0.6) is 0 Å². The molecule has 2 aliphatic heterocycles. The van der Waals surface area contributed by atoms with Gasteiger partial charge in [-0.2, -0.15) is 5.26 Å². The first-order valence-electron chi connectivity index (χ1n) is 22.6. The number of benzene rings is 4. The first kappa shape index (κ1) is 44.2. The SMILES string of the molecule is CC(C)CN1CCC(c2c[nH]c3ccc(NC(=O)c4ccc(N(C)C)cc4)cc23)CC1.CCCC(C)N1CCC(c2c[nH]c3ccc(NC(=O)c4cccc(C#N)c4)cc23)CC1. The highest BCUT2D eigenvalue weighted by Crippen LogP contribution is 2.36. The summed E-state index contributed by atoms with van der Waals surface area (Å²) in [6.07, 6.45) is 11.5. The maximum atomic E-state index is 12.7. The third-order valence-corrected chi connectivity index (χ3v) is 12.8. The number of carbonyl (C=O) groups excluding carboxylic acids is 2. The van der Waals surface area contributed by atoms with Crippen molar-refractivity contribution in [2.45, 2.75) is 84.1 Å². The normalized spacial score (nSPS) is 15.8. The molecule has 1 unspecified atom stereocenters. The predicted octanol–water partition coefficient (Wildman–Crippen LogP) is 11.0. The Balaban J connectivity index is 0.000000186. The van der Waals surface area contributed by atoms with Crippen LogP contribution < -0.4 is 15.5 Å². The van der Waals surface area contributed by atoms with Crippen LogP contribution in [0.4, 0.5) is 17.1 Å². The number of likely N-dealkylation sites (tertiary alicyclic amines) is 2. The van der Waals surface area contributed by atoms with Crippen molar-refractivity contribution in [1.82, 2.24) is 19.8 Å². The largest absolute Gasteiger partial charge is 0.378 e. The van der Waals surface area contributed by atoms with E-state index in [-0.39, 0.29) is 11.8 Å². The molecule has 8 rings (SSSR count). The number of hydrogen-bond donors (Lipinski definition) is 4. The predicted molar refractivity (Wildman–Crippen MR) is 256 cm³/mol. The van der Waals surface area contributed by atoms with Crippen molar-refractivity contribution in [3.8, 4) is 6.07 Å². The molecule has 4 N–H and O–H groups in total. The summed E-state index contributed by atoms with van der Waals surface area (Å²) in [5.74, 6) is 1.55. The van der Waals surface area contributed by atoms with Crippen LogP contribution in [0.1, 0.15) is 115 Å². The van der Waals surface area contributed by atoms with Gasteiger partial charge in [-0.25, -0.2) is 0 Å². The third kappa shape index (κ3) is 10.8. The first-order valence-corrected chi connectivity index (χ1v) is 22.6. The summed E-state index contributed by atoms with van der Waals surface area (Å²) in [5, 5.41) is 17.5. The van der Waals surface area contributed by atoms with E-state index >= 15 is 0 Å². The van der Waals surface area contributed by atoms with Gasteiger partial charge in [-0.15, -0.1) is 0 Å². The molecule has 1 atom stereocenters. The van der Waals surface area contributed by atoms with Crippen LogP contribution in [0.15, 0.2) is 97.3 Å². The van der Waals surface area contributed by atoms with E-state index in [2.05, 4.69) is 94.8 Å². The maximum Gasteiger partial charge on any atom is 0.255 e. The topological polar surface area (TPSA) is 123 Å². The van der Waals surface area contributed by atoms with Crippen molar-refractivity contribution in [3.05, 3.63) is 125 Å². The number of amides is 2. The zero-order chi connectivity index (χ0) is 43.8. The zero-order valence-corrected chi connectivity index (χ0v) is 37.4. The van der Waals surface area contributed by atoms with Crippen LogP contribution in [0.25, 0.3) is 21.8 Å². The first-order chi connectivity index (χ1) is 30.0. The van der Waals surface area contributed by atoms with Gasteiger partial charge in [0.25, 0.3) is 11.8 Å². The molecule has 62 heavy (non-hydrogen) atoms. The summed E-state index contributed by atoms with van der Waals surface area (Å²) in [5.41, 5.74) is 9.28. The van der Waals surface area contributed by atoms with Crippen molar-refractivity contribution in [1.29, 1.82) is 5.26 Å². The van der Waals surface area contributed by atoms with Crippen LogP contribution in [0, 0.1) is 17.2 Å². The summed E-state index contributed by atoms with van der Waals surface area (Å²) in [6, 6.07) is 29.4. The molecule has 0 radical (unpaired) electrons. The van der Waals surface area contributed by atoms with E-state index in [1.165, 1.54) is 67.0 Å². The molecule has 2 aliphatic rings. The number of anilines is 3. The molecule has 0 spiro atoms. The Morgan fingerprint density at radius 3 is 1.81 bits per heavy atom. The molecule has 10 heteroatoms. The summed E-state index contributed by atoms with van der Waals surface area (Å²) in [7, 11) is 3.99. The van der Waals surface area contributed by atoms with Gasteiger partial charge in [0.1, 0.15) is 0 Å². The Morgan fingerprint density at radius 1 is 0.742 bits per heavy atom. The second-order valence-electron chi connectivity index (χ2n) is 18.0. The van der Waals surface area contributed by atoms with Crippen LogP contribution in [-0.4, -0.2) is 84.4 Å². The maximum absolute atomic E-state index is 12.7. The number of fused-ring (bicyclic) bond motifs is 2. The average molecular weight is 833 g/mol. The quantitative estimate of drug-likeness (QED) is 0.0974. The molecule has 2 aromatic heterocycles. The van der Waals surface area contributed by atoms with E-state index < -0.39 is 0 Å². The van der Waals surface area contributed by atoms with E-state index in [1.807, 2.05) is 61.5 Å². The second kappa shape index (κ2) is 20.3. The van der Waals surface area contributed by atoms with Gasteiger partial charge in [-0.05, 0) is 173 Å². The highest BCUT2D eigenvalue weighted by molar-refractivity contribution is 6.06. The lowest BCUT2D eigenvalue weighted by molar-refractivity contribution is 0.101. The van der Waals surface area contributed by atoms with Gasteiger partial charge in [-0.1, -0.05) is 33.3 Å². The average Bonchev–Trinajstić information content (AvgIpc) is 3.91. The van der Waals surface area contributed by atoms with E-state index in [9.17, 15) is 9.59 Å². The Labute approximate surface area is 367 Å². The third-order valence-electron chi connectivity index (χ3n) is 12.8. The van der Waals surface area contributed by atoms with Crippen LogP contribution in [-0.2, 0) is 0 Å². The number of carbonyl (C=O) groups is 2. The number of hydrogen-bond acceptors (Lipinski definition) is 6. The number of nitriles is 1. The lowest BCUT2D eigenvalue weighted by atomic mass is 9.88. The molecule has 4 aromatic carbocycles. The van der Waals surface area contributed by atoms with E-state index in [0.29, 0.717) is 34.6 Å². The monoisotopic (exact) mass is 833 g/mol. The fourth-order valence-corrected chi connectivity index (χ4v) is 9.36. The van der Waals surface area contributed by atoms with Gasteiger partial charge >= 0.3 is 0 Å². The smallest absolute Gasteiger partial charge is 0.255 e. The molecule has 324 valence electrons. The second-order valence-corrected chi connectivity index (χ2v) is 18.0. The molecule has 2 fully saturated rings. The molecule has 4 heterocycles. The van der Waals surface area contributed by atoms with Gasteiger partial charge < -0.3 is 35.3 Å². The summed E-state index contributed by atoms with van der Waals surface area (Å²) >= 11 is 0. The van der Waals surface area contributed by atoms with E-state index in [1.54, 1.807) is 24.3 Å². The summed E-state index contributed by atoms with van der Waals surface area (Å²) in [4.78, 5) is 39.5. The number of H-pyrrole nitrogens is 2. The number of rotatable bonds is 12. The molecular weight excluding hydrogens is 769 g/mol. The molecule has 6 aromatic rings.